The van der Waals surface area contributed by atoms with Crippen LogP contribution in [0.15, 0.2) is 54.6 Å². The zero-order valence-electron chi connectivity index (χ0n) is 20.4. The largest absolute Gasteiger partial charge is 0.493 e. The minimum atomic E-state index is -0.812. The quantitative estimate of drug-likeness (QED) is 0.435. The molecule has 2 N–H and O–H groups in total. The van der Waals surface area contributed by atoms with Crippen molar-refractivity contribution in [2.24, 2.45) is 0 Å². The maximum atomic E-state index is 13.7. The summed E-state index contributed by atoms with van der Waals surface area (Å²) in [6, 6.07) is 15.7. The van der Waals surface area contributed by atoms with Crippen LogP contribution in [0, 0.1) is 6.92 Å². The molecule has 1 atom stereocenters. The summed E-state index contributed by atoms with van der Waals surface area (Å²) in [6.45, 7) is 1.59. The molecular formula is C27H23N5O5. The first-order valence-electron chi connectivity index (χ1n) is 11.7. The summed E-state index contributed by atoms with van der Waals surface area (Å²) < 4.78 is 10.9. The second-order valence-electron chi connectivity index (χ2n) is 8.87. The van der Waals surface area contributed by atoms with Crippen LogP contribution >= 0.6 is 0 Å². The van der Waals surface area contributed by atoms with E-state index < -0.39 is 12.1 Å². The number of hydrogen-bond acceptors (Lipinski definition) is 6. The summed E-state index contributed by atoms with van der Waals surface area (Å²) in [6.07, 6.45) is -0.812. The summed E-state index contributed by atoms with van der Waals surface area (Å²) in [5.74, 6) is 0.389. The minimum Gasteiger partial charge on any atom is -0.493 e. The van der Waals surface area contributed by atoms with Crippen LogP contribution in [-0.4, -0.2) is 53.4 Å². The molecule has 0 radical (unpaired) electrons. The maximum absolute atomic E-state index is 13.7. The van der Waals surface area contributed by atoms with E-state index in [1.54, 1.807) is 48.5 Å². The molecule has 10 nitrogen and oxygen atoms in total. The number of imidazole rings is 1. The number of aryl methyl sites for hydroxylation is 1. The number of ether oxygens (including phenoxy) is 2. The lowest BCUT2D eigenvalue weighted by molar-refractivity contribution is -0.117. The number of anilines is 2. The number of aromatic nitrogens is 2. The molecule has 4 aromatic rings. The Morgan fingerprint density at radius 2 is 1.86 bits per heavy atom. The minimum absolute atomic E-state index is 0.268. The molecule has 3 amide bonds. The third-order valence-corrected chi connectivity index (χ3v) is 6.68. The second-order valence-corrected chi connectivity index (χ2v) is 8.87. The van der Waals surface area contributed by atoms with Crippen molar-refractivity contribution < 1.29 is 23.9 Å². The Balaban J connectivity index is 1.39. The fourth-order valence-electron chi connectivity index (χ4n) is 5.16. The van der Waals surface area contributed by atoms with Gasteiger partial charge in [-0.15, -0.1) is 0 Å². The number of benzene rings is 3. The number of nitrogens with zero attached hydrogens (tertiary/aromatic N) is 3. The number of fused-ring (bicyclic) bond motifs is 6. The zero-order chi connectivity index (χ0) is 25.8. The summed E-state index contributed by atoms with van der Waals surface area (Å²) >= 11 is 0. The van der Waals surface area contributed by atoms with E-state index in [9.17, 15) is 14.4 Å². The van der Waals surface area contributed by atoms with Gasteiger partial charge in [-0.3, -0.25) is 19.3 Å². The lowest BCUT2D eigenvalue weighted by Gasteiger charge is -2.40. The van der Waals surface area contributed by atoms with Gasteiger partial charge in [0, 0.05) is 11.3 Å². The van der Waals surface area contributed by atoms with Crippen molar-refractivity contribution in [3.05, 3.63) is 77.1 Å². The van der Waals surface area contributed by atoms with Crippen LogP contribution in [0.2, 0.25) is 0 Å². The van der Waals surface area contributed by atoms with Gasteiger partial charge in [-0.1, -0.05) is 18.2 Å². The van der Waals surface area contributed by atoms with Crippen molar-refractivity contribution in [1.29, 1.82) is 0 Å². The molecule has 2 aliphatic rings. The van der Waals surface area contributed by atoms with Gasteiger partial charge in [0.05, 0.1) is 42.1 Å². The summed E-state index contributed by atoms with van der Waals surface area (Å²) in [5.41, 5.74) is 3.84. The van der Waals surface area contributed by atoms with Crippen molar-refractivity contribution in [1.82, 2.24) is 14.9 Å². The van der Waals surface area contributed by atoms with Crippen molar-refractivity contribution in [3.8, 4) is 11.5 Å². The van der Waals surface area contributed by atoms with E-state index in [2.05, 4.69) is 15.3 Å². The summed E-state index contributed by atoms with van der Waals surface area (Å²) in [5, 5.41) is 2.86. The van der Waals surface area contributed by atoms with Gasteiger partial charge in [-0.2, -0.15) is 0 Å². The number of carbonyl (C=O) groups is 3. The molecule has 1 aromatic heterocycles. The Morgan fingerprint density at radius 3 is 2.65 bits per heavy atom. The smallest absolute Gasteiger partial charge is 0.264 e. The first-order chi connectivity index (χ1) is 17.9. The molecular weight excluding hydrogens is 474 g/mol. The van der Waals surface area contributed by atoms with Gasteiger partial charge >= 0.3 is 0 Å². The number of amides is 3. The van der Waals surface area contributed by atoms with Crippen LogP contribution < -0.4 is 19.7 Å². The molecule has 0 bridgehead atoms. The van der Waals surface area contributed by atoms with E-state index in [-0.39, 0.29) is 24.1 Å². The second kappa shape index (κ2) is 8.37. The maximum Gasteiger partial charge on any atom is 0.264 e. The summed E-state index contributed by atoms with van der Waals surface area (Å²) in [7, 11) is 2.96. The predicted molar refractivity (Wildman–Crippen MR) is 136 cm³/mol. The van der Waals surface area contributed by atoms with Crippen LogP contribution in [0.1, 0.15) is 38.3 Å². The Bertz CT molecular complexity index is 1610. The Morgan fingerprint density at radius 1 is 1.05 bits per heavy atom. The van der Waals surface area contributed by atoms with Gasteiger partial charge in [0.25, 0.3) is 11.8 Å². The molecule has 37 heavy (non-hydrogen) atoms. The number of methoxy groups -OCH3 is 2. The van der Waals surface area contributed by atoms with Crippen molar-refractivity contribution >= 4 is 40.1 Å². The van der Waals surface area contributed by atoms with Crippen LogP contribution in [0.3, 0.4) is 0 Å². The molecule has 0 unspecified atom stereocenters. The van der Waals surface area contributed by atoms with E-state index >= 15 is 0 Å². The third kappa shape index (κ3) is 3.40. The molecule has 186 valence electrons. The average Bonchev–Trinajstić information content (AvgIpc) is 3.42. The highest BCUT2D eigenvalue weighted by atomic mass is 16.5. The van der Waals surface area contributed by atoms with E-state index in [0.29, 0.717) is 33.8 Å². The highest BCUT2D eigenvalue weighted by Gasteiger charge is 2.50. The number of para-hydroxylation sites is 1. The number of carbonyl (C=O) groups excluding carboxylic acids is 3. The first-order valence-corrected chi connectivity index (χ1v) is 11.7. The van der Waals surface area contributed by atoms with E-state index in [0.717, 1.165) is 16.9 Å². The van der Waals surface area contributed by atoms with Crippen LogP contribution in [-0.2, 0) is 4.79 Å². The van der Waals surface area contributed by atoms with Crippen LogP contribution in [0.5, 0.6) is 11.5 Å². The van der Waals surface area contributed by atoms with E-state index in [1.165, 1.54) is 24.0 Å². The SMILES string of the molecule is COc1ccc2c(c1OC)C(=O)N1c3ccccc3C(=O)N(CC(=O)Nc3ccc4nc(C)[nH]c4c3)[C@H]21. The molecule has 10 heteroatoms. The monoisotopic (exact) mass is 497 g/mol. The van der Waals surface area contributed by atoms with Crippen LogP contribution in [0.25, 0.3) is 11.0 Å². The molecule has 0 saturated carbocycles. The molecule has 3 aromatic carbocycles. The summed E-state index contributed by atoms with van der Waals surface area (Å²) in [4.78, 5) is 51.1. The number of hydrogen-bond donors (Lipinski definition) is 2. The highest BCUT2D eigenvalue weighted by molar-refractivity contribution is 6.18. The Labute approximate surface area is 211 Å². The third-order valence-electron chi connectivity index (χ3n) is 6.68. The average molecular weight is 498 g/mol. The van der Waals surface area contributed by atoms with Gasteiger partial charge in [-0.05, 0) is 43.3 Å². The fraction of sp³-hybridized carbons (Fsp3) is 0.185. The molecule has 3 heterocycles. The lowest BCUT2D eigenvalue weighted by atomic mass is 10.0. The molecule has 0 saturated heterocycles. The van der Waals surface area contributed by atoms with Crippen LogP contribution in [0.4, 0.5) is 11.4 Å². The number of nitrogens with one attached hydrogen (secondary N) is 2. The van der Waals surface area contributed by atoms with Gasteiger partial charge < -0.3 is 24.7 Å². The van der Waals surface area contributed by atoms with Crippen molar-refractivity contribution in [3.63, 3.8) is 0 Å². The normalized spacial score (nSPS) is 15.9. The fourth-order valence-corrected chi connectivity index (χ4v) is 5.16. The number of H-pyrrole nitrogens is 1. The van der Waals surface area contributed by atoms with Gasteiger partial charge in [0.15, 0.2) is 11.5 Å². The standard InChI is InChI=1S/C27H23N5O5/c1-14-28-18-10-8-15(12-19(18)29-14)30-22(33)13-31-25-17-9-11-21(36-2)24(37-3)23(17)27(35)32(25)20-7-5-4-6-16(20)26(31)34/h4-12,25H,13H2,1-3H3,(H,28,29)(H,30,33)/t25-/m0/s1. The van der Waals surface area contributed by atoms with Gasteiger partial charge in [-0.25, -0.2) is 4.98 Å². The molecule has 0 aliphatic carbocycles. The molecule has 6 rings (SSSR count). The van der Waals surface area contributed by atoms with Crippen molar-refractivity contribution in [2.45, 2.75) is 13.1 Å². The topological polar surface area (TPSA) is 117 Å². The van der Waals surface area contributed by atoms with E-state index in [4.69, 9.17) is 9.47 Å². The Kier molecular flexibility index (Phi) is 5.11. The number of rotatable bonds is 5. The first kappa shape index (κ1) is 22.6. The Hall–Kier alpha value is -4.86. The highest BCUT2D eigenvalue weighted by Crippen LogP contribution is 2.49. The van der Waals surface area contributed by atoms with E-state index in [1.807, 2.05) is 13.0 Å². The van der Waals surface area contributed by atoms with Gasteiger partial charge in [0.1, 0.15) is 18.5 Å². The zero-order valence-corrected chi connectivity index (χ0v) is 20.4. The van der Waals surface area contributed by atoms with Crippen molar-refractivity contribution in [2.75, 3.05) is 31.0 Å². The molecule has 2 aliphatic heterocycles. The lowest BCUT2D eigenvalue weighted by Crippen LogP contribution is -2.50. The predicted octanol–water partition coefficient (Wildman–Crippen LogP) is 3.64. The molecule has 0 fully saturated rings. The van der Waals surface area contributed by atoms with Gasteiger partial charge in [0.2, 0.25) is 5.91 Å². The molecule has 0 spiro atoms. The number of aromatic amines is 1.